The molecule has 8 heteroatoms. The van der Waals surface area contributed by atoms with Crippen molar-refractivity contribution in [3.63, 3.8) is 0 Å². The quantitative estimate of drug-likeness (QED) is 0.229. The fourth-order valence-electron chi connectivity index (χ4n) is 4.58. The van der Waals surface area contributed by atoms with Gasteiger partial charge in [-0.2, -0.15) is 0 Å². The number of phenols is 1. The molecule has 0 aliphatic heterocycles. The lowest BCUT2D eigenvalue weighted by atomic mass is 9.95. The van der Waals surface area contributed by atoms with Gasteiger partial charge in [0.1, 0.15) is 23.4 Å². The van der Waals surface area contributed by atoms with Crippen molar-refractivity contribution < 1.29 is 24.2 Å². The van der Waals surface area contributed by atoms with Crippen LogP contribution in [0.3, 0.4) is 0 Å². The molecule has 0 aliphatic rings. The van der Waals surface area contributed by atoms with Crippen LogP contribution in [0, 0.1) is 12.8 Å². The van der Waals surface area contributed by atoms with Gasteiger partial charge in [-0.15, -0.1) is 0 Å². The molecule has 0 bridgehead atoms. The minimum Gasteiger partial charge on any atom is -0.508 e. The van der Waals surface area contributed by atoms with Crippen molar-refractivity contribution in [1.29, 1.82) is 0 Å². The van der Waals surface area contributed by atoms with Crippen molar-refractivity contribution >= 4 is 17.9 Å². The van der Waals surface area contributed by atoms with Gasteiger partial charge in [0.05, 0.1) is 0 Å². The molecular formula is C33H49N3O5. The summed E-state index contributed by atoms with van der Waals surface area (Å²) in [6.07, 6.45) is 3.61. The number of aromatic hydroxyl groups is 1. The lowest BCUT2D eigenvalue weighted by molar-refractivity contribution is -0.143. The maximum atomic E-state index is 14.4. The summed E-state index contributed by atoms with van der Waals surface area (Å²) in [7, 11) is 0. The minimum absolute atomic E-state index is 0.113. The predicted molar refractivity (Wildman–Crippen MR) is 162 cm³/mol. The van der Waals surface area contributed by atoms with Gasteiger partial charge in [0.2, 0.25) is 11.8 Å². The fourth-order valence-corrected chi connectivity index (χ4v) is 4.58. The summed E-state index contributed by atoms with van der Waals surface area (Å²) < 4.78 is 5.49. The minimum atomic E-state index is -0.959. The van der Waals surface area contributed by atoms with E-state index in [9.17, 15) is 19.5 Å². The molecule has 2 rings (SSSR count). The van der Waals surface area contributed by atoms with E-state index < -0.39 is 23.8 Å². The van der Waals surface area contributed by atoms with Crippen LogP contribution < -0.4 is 10.6 Å². The van der Waals surface area contributed by atoms with E-state index in [0.717, 1.165) is 24.8 Å². The van der Waals surface area contributed by atoms with Gasteiger partial charge in [-0.1, -0.05) is 82.9 Å². The highest BCUT2D eigenvalue weighted by Crippen LogP contribution is 2.29. The lowest BCUT2D eigenvalue weighted by Gasteiger charge is -2.36. The Morgan fingerprint density at radius 2 is 1.68 bits per heavy atom. The highest BCUT2D eigenvalue weighted by Gasteiger charge is 2.38. The van der Waals surface area contributed by atoms with Crippen LogP contribution in [0.5, 0.6) is 5.75 Å². The number of rotatable bonds is 14. The van der Waals surface area contributed by atoms with E-state index in [1.807, 2.05) is 44.2 Å². The Labute approximate surface area is 245 Å². The number of nitrogens with one attached hydrogen (secondary N) is 2. The average molecular weight is 568 g/mol. The molecule has 3 unspecified atom stereocenters. The van der Waals surface area contributed by atoms with E-state index in [2.05, 4.69) is 17.6 Å². The first kappa shape index (κ1) is 33.7. The summed E-state index contributed by atoms with van der Waals surface area (Å²) in [6.45, 7) is 13.7. The van der Waals surface area contributed by atoms with Gasteiger partial charge in [-0.25, -0.2) is 4.79 Å². The number of benzene rings is 2. The van der Waals surface area contributed by atoms with Gasteiger partial charge in [0.15, 0.2) is 0 Å². The van der Waals surface area contributed by atoms with Gasteiger partial charge in [-0.3, -0.25) is 9.59 Å². The Morgan fingerprint density at radius 1 is 1.00 bits per heavy atom. The molecule has 2 aromatic rings. The number of amides is 3. The monoisotopic (exact) mass is 567 g/mol. The molecule has 0 saturated carbocycles. The largest absolute Gasteiger partial charge is 0.508 e. The zero-order valence-electron chi connectivity index (χ0n) is 25.8. The summed E-state index contributed by atoms with van der Waals surface area (Å²) >= 11 is 0. The first-order valence-electron chi connectivity index (χ1n) is 14.8. The third kappa shape index (κ3) is 10.7. The lowest BCUT2D eigenvalue weighted by Crippen LogP contribution is -2.55. The van der Waals surface area contributed by atoms with E-state index in [0.29, 0.717) is 37.1 Å². The molecule has 3 amide bonds. The van der Waals surface area contributed by atoms with E-state index in [1.165, 1.54) is 0 Å². The highest BCUT2D eigenvalue weighted by molar-refractivity contribution is 5.92. The van der Waals surface area contributed by atoms with E-state index >= 15 is 0 Å². The van der Waals surface area contributed by atoms with Gasteiger partial charge in [0.25, 0.3) is 0 Å². The maximum absolute atomic E-state index is 14.4. The Morgan fingerprint density at radius 3 is 2.27 bits per heavy atom. The number of nitrogens with zero attached hydrogens (tertiary/aromatic N) is 1. The van der Waals surface area contributed by atoms with Crippen LogP contribution in [0.2, 0.25) is 0 Å². The Hall–Kier alpha value is -3.55. The van der Waals surface area contributed by atoms with Crippen LogP contribution >= 0.6 is 0 Å². The van der Waals surface area contributed by atoms with Crippen molar-refractivity contribution in [1.82, 2.24) is 15.5 Å². The molecule has 0 fully saturated rings. The average Bonchev–Trinajstić information content (AvgIpc) is 2.92. The van der Waals surface area contributed by atoms with Crippen molar-refractivity contribution in [3.05, 3.63) is 65.2 Å². The third-order valence-corrected chi connectivity index (χ3v) is 7.09. The normalized spacial score (nSPS) is 13.5. The van der Waals surface area contributed by atoms with Gasteiger partial charge in [-0.05, 0) is 68.9 Å². The van der Waals surface area contributed by atoms with Gasteiger partial charge in [0, 0.05) is 13.1 Å². The highest BCUT2D eigenvalue weighted by atomic mass is 16.6. The maximum Gasteiger partial charge on any atom is 0.408 e. The van der Waals surface area contributed by atoms with E-state index in [-0.39, 0.29) is 23.5 Å². The molecule has 41 heavy (non-hydrogen) atoms. The van der Waals surface area contributed by atoms with Crippen LogP contribution in [-0.4, -0.2) is 46.1 Å². The summed E-state index contributed by atoms with van der Waals surface area (Å²) in [6, 6.07) is 12.7. The number of aryl methyl sites for hydroxylation is 1. The van der Waals surface area contributed by atoms with E-state index in [4.69, 9.17) is 4.74 Å². The first-order chi connectivity index (χ1) is 19.4. The number of hydrogen-bond donors (Lipinski definition) is 3. The van der Waals surface area contributed by atoms with Crippen molar-refractivity contribution in [3.8, 4) is 5.75 Å². The molecule has 0 heterocycles. The zero-order valence-corrected chi connectivity index (χ0v) is 25.8. The summed E-state index contributed by atoms with van der Waals surface area (Å²) in [4.78, 5) is 42.7. The molecule has 0 aliphatic carbocycles. The van der Waals surface area contributed by atoms with Crippen molar-refractivity contribution in [2.75, 3.05) is 6.54 Å². The van der Waals surface area contributed by atoms with Crippen molar-refractivity contribution in [2.45, 2.75) is 105 Å². The van der Waals surface area contributed by atoms with Crippen LogP contribution in [0.1, 0.15) is 96.4 Å². The number of carbonyl (C=O) groups excluding carboxylic acids is 3. The van der Waals surface area contributed by atoms with E-state index in [1.54, 1.807) is 50.8 Å². The number of carbonyl (C=O) groups is 3. The summed E-state index contributed by atoms with van der Waals surface area (Å²) in [5.74, 6) is -0.764. The van der Waals surface area contributed by atoms with Crippen LogP contribution in [0.15, 0.2) is 48.5 Å². The molecule has 8 nitrogen and oxygen atoms in total. The second-order valence-electron chi connectivity index (χ2n) is 11.8. The van der Waals surface area contributed by atoms with Crippen LogP contribution in [0.4, 0.5) is 4.79 Å². The SMILES string of the molecule is CCCCCCN(C(=O)C(NC(=O)OC(C)(C)C)C(C)CC)C(C(=O)NCc1ccccc1)c1ccc(O)c(C)c1. The Balaban J connectivity index is 2.53. The molecule has 0 spiro atoms. The smallest absolute Gasteiger partial charge is 0.408 e. The number of ether oxygens (including phenoxy) is 1. The molecule has 2 aromatic carbocycles. The molecule has 226 valence electrons. The molecule has 0 radical (unpaired) electrons. The van der Waals surface area contributed by atoms with Crippen LogP contribution in [0.25, 0.3) is 0 Å². The zero-order chi connectivity index (χ0) is 30.6. The number of unbranched alkanes of at least 4 members (excludes halogenated alkanes) is 3. The second kappa shape index (κ2) is 16.0. The predicted octanol–water partition coefficient (Wildman–Crippen LogP) is 6.41. The molecular weight excluding hydrogens is 518 g/mol. The van der Waals surface area contributed by atoms with Crippen LogP contribution in [-0.2, 0) is 20.9 Å². The first-order valence-corrected chi connectivity index (χ1v) is 14.8. The standard InChI is InChI=1S/C33H49N3O5/c1-8-10-11-15-20-36(31(39)28(23(3)9-2)35-32(40)41-33(5,6)7)29(26-18-19-27(37)24(4)21-26)30(38)34-22-25-16-13-12-14-17-25/h12-14,16-19,21,23,28-29,37H,8-11,15,20,22H2,1-7H3,(H,34,38)(H,35,40). The topological polar surface area (TPSA) is 108 Å². The molecule has 0 aromatic heterocycles. The number of phenolic OH excluding ortho intramolecular Hbond substituents is 1. The Bertz CT molecular complexity index is 1130. The Kier molecular flexibility index (Phi) is 13.2. The van der Waals surface area contributed by atoms with Gasteiger partial charge < -0.3 is 25.4 Å². The third-order valence-electron chi connectivity index (χ3n) is 7.09. The number of alkyl carbamates (subject to hydrolysis) is 1. The fraction of sp³-hybridized carbons (Fsp3) is 0.545. The molecule has 3 N–H and O–H groups in total. The number of hydrogen-bond acceptors (Lipinski definition) is 5. The second-order valence-corrected chi connectivity index (χ2v) is 11.8. The molecule has 3 atom stereocenters. The summed E-state index contributed by atoms with van der Waals surface area (Å²) in [5, 5.41) is 16.0. The van der Waals surface area contributed by atoms with Gasteiger partial charge >= 0.3 is 6.09 Å². The summed E-state index contributed by atoms with van der Waals surface area (Å²) in [5.41, 5.74) is 1.41. The van der Waals surface area contributed by atoms with Crippen molar-refractivity contribution in [2.24, 2.45) is 5.92 Å². The molecule has 0 saturated heterocycles.